The molecule has 2 aliphatic rings. The van der Waals surface area contributed by atoms with Crippen LogP contribution in [0.25, 0.3) is 0 Å². The Morgan fingerprint density at radius 3 is 2.45 bits per heavy atom. The monoisotopic (exact) mass is 322 g/mol. The summed E-state index contributed by atoms with van der Waals surface area (Å²) in [6, 6.07) is 7.91. The fourth-order valence-electron chi connectivity index (χ4n) is 2.61. The van der Waals surface area contributed by atoms with E-state index in [-0.39, 0.29) is 6.09 Å². The fourth-order valence-corrected chi connectivity index (χ4v) is 2.87. The number of amides is 1. The Labute approximate surface area is 134 Å². The lowest BCUT2D eigenvalue weighted by Crippen LogP contribution is -2.49. The van der Waals surface area contributed by atoms with Gasteiger partial charge in [-0.2, -0.15) is 0 Å². The molecule has 2 heterocycles. The first-order valence-corrected chi connectivity index (χ1v) is 7.76. The van der Waals surface area contributed by atoms with Crippen molar-refractivity contribution in [2.45, 2.75) is 6.92 Å². The zero-order chi connectivity index (χ0) is 15.5. The second-order valence-electron chi connectivity index (χ2n) is 5.13. The summed E-state index contributed by atoms with van der Waals surface area (Å²) in [4.78, 5) is 15.6. The molecule has 0 saturated carbocycles. The smallest absolute Gasteiger partial charge is 0.409 e. The Hall–Kier alpha value is -2.08. The second-order valence-corrected chi connectivity index (χ2v) is 5.51. The van der Waals surface area contributed by atoms with Crippen LogP contribution in [0.2, 0.25) is 0 Å². The van der Waals surface area contributed by atoms with Crippen molar-refractivity contribution in [3.05, 3.63) is 35.2 Å². The molecule has 1 saturated heterocycles. The summed E-state index contributed by atoms with van der Waals surface area (Å²) in [6.45, 7) is 4.88. The number of ether oxygens (including phenoxy) is 1. The molecule has 118 valence electrons. The summed E-state index contributed by atoms with van der Waals surface area (Å²) in [5, 5.41) is 7.13. The summed E-state index contributed by atoms with van der Waals surface area (Å²) in [6.07, 6.45) is -0.248. The molecule has 1 fully saturated rings. The van der Waals surface area contributed by atoms with E-state index in [1.807, 2.05) is 31.2 Å². The maximum atomic E-state index is 11.7. The Morgan fingerprint density at radius 2 is 1.82 bits per heavy atom. The largest absolute Gasteiger partial charge is 0.450 e. The van der Waals surface area contributed by atoms with Gasteiger partial charge in [0.25, 0.3) is 0 Å². The van der Waals surface area contributed by atoms with Gasteiger partial charge in [0.05, 0.1) is 18.0 Å². The van der Waals surface area contributed by atoms with Gasteiger partial charge in [-0.1, -0.05) is 23.7 Å². The van der Waals surface area contributed by atoms with Crippen molar-refractivity contribution in [2.24, 2.45) is 0 Å². The van der Waals surface area contributed by atoms with Crippen molar-refractivity contribution in [2.75, 3.05) is 43.4 Å². The molecule has 0 bridgehead atoms. The minimum atomic E-state index is -0.248. The molecule has 3 rings (SSSR count). The molecule has 0 aliphatic carbocycles. The Kier molecular flexibility index (Phi) is 4.29. The van der Waals surface area contributed by atoms with Crippen LogP contribution in [0.5, 0.6) is 0 Å². The van der Waals surface area contributed by atoms with Gasteiger partial charge in [0.15, 0.2) is 0 Å². The van der Waals surface area contributed by atoms with Crippen molar-refractivity contribution in [1.29, 1.82) is 0 Å². The molecular formula is C15H19ClN4O2. The number of hydrogen-bond donors (Lipinski definition) is 2. The van der Waals surface area contributed by atoms with Crippen LogP contribution in [-0.4, -0.2) is 48.7 Å². The van der Waals surface area contributed by atoms with Gasteiger partial charge < -0.3 is 25.2 Å². The van der Waals surface area contributed by atoms with E-state index in [0.29, 0.717) is 37.9 Å². The fraction of sp³-hybridized carbons (Fsp3) is 0.400. The molecule has 2 N–H and O–H groups in total. The average Bonchev–Trinajstić information content (AvgIpc) is 2.54. The van der Waals surface area contributed by atoms with Crippen LogP contribution in [0.4, 0.5) is 16.2 Å². The van der Waals surface area contributed by atoms with Crippen molar-refractivity contribution in [1.82, 2.24) is 9.80 Å². The predicted octanol–water partition coefficient (Wildman–Crippen LogP) is 2.66. The highest BCUT2D eigenvalue weighted by Crippen LogP contribution is 2.32. The number of benzene rings is 1. The SMILES string of the molecule is CCOC(=O)N1CCN(C2=C(Cl)Nc3ccccc3N2)CC1. The molecule has 0 atom stereocenters. The highest BCUT2D eigenvalue weighted by molar-refractivity contribution is 6.31. The molecule has 0 spiro atoms. The lowest BCUT2D eigenvalue weighted by atomic mass is 10.2. The van der Waals surface area contributed by atoms with Crippen molar-refractivity contribution in [3.63, 3.8) is 0 Å². The number of anilines is 2. The zero-order valence-electron chi connectivity index (χ0n) is 12.4. The summed E-state index contributed by atoms with van der Waals surface area (Å²) in [5.74, 6) is 0.851. The molecule has 2 aliphatic heterocycles. The van der Waals surface area contributed by atoms with Gasteiger partial charge in [-0.15, -0.1) is 0 Å². The predicted molar refractivity (Wildman–Crippen MR) is 86.7 cm³/mol. The lowest BCUT2D eigenvalue weighted by molar-refractivity contribution is 0.0870. The minimum Gasteiger partial charge on any atom is -0.450 e. The van der Waals surface area contributed by atoms with Gasteiger partial charge in [-0.3, -0.25) is 0 Å². The molecule has 0 unspecified atom stereocenters. The van der Waals surface area contributed by atoms with Gasteiger partial charge in [0.2, 0.25) is 0 Å². The first-order valence-electron chi connectivity index (χ1n) is 7.38. The van der Waals surface area contributed by atoms with E-state index < -0.39 is 0 Å². The third kappa shape index (κ3) is 2.92. The number of para-hydroxylation sites is 2. The summed E-state index contributed by atoms with van der Waals surface area (Å²) in [5.41, 5.74) is 1.95. The first kappa shape index (κ1) is 14.8. The van der Waals surface area contributed by atoms with Crippen LogP contribution < -0.4 is 10.6 Å². The van der Waals surface area contributed by atoms with Crippen LogP contribution in [0.15, 0.2) is 35.2 Å². The van der Waals surface area contributed by atoms with E-state index in [2.05, 4.69) is 15.5 Å². The highest BCUT2D eigenvalue weighted by atomic mass is 35.5. The molecule has 22 heavy (non-hydrogen) atoms. The van der Waals surface area contributed by atoms with E-state index in [1.165, 1.54) is 0 Å². The van der Waals surface area contributed by atoms with E-state index >= 15 is 0 Å². The van der Waals surface area contributed by atoms with Gasteiger partial charge in [0, 0.05) is 26.2 Å². The van der Waals surface area contributed by atoms with Crippen molar-refractivity contribution < 1.29 is 9.53 Å². The number of carbonyl (C=O) groups is 1. The number of hydrogen-bond acceptors (Lipinski definition) is 5. The first-order chi connectivity index (χ1) is 10.7. The second kappa shape index (κ2) is 6.36. The summed E-state index contributed by atoms with van der Waals surface area (Å²) in [7, 11) is 0. The molecule has 7 heteroatoms. The number of nitrogens with one attached hydrogen (secondary N) is 2. The van der Waals surface area contributed by atoms with Crippen molar-refractivity contribution in [3.8, 4) is 0 Å². The zero-order valence-corrected chi connectivity index (χ0v) is 13.2. The number of piperazine rings is 1. The van der Waals surface area contributed by atoms with E-state index in [1.54, 1.807) is 4.90 Å². The topological polar surface area (TPSA) is 56.8 Å². The van der Waals surface area contributed by atoms with Crippen LogP contribution in [0.1, 0.15) is 6.92 Å². The molecule has 1 aromatic carbocycles. The third-order valence-electron chi connectivity index (χ3n) is 3.75. The van der Waals surface area contributed by atoms with E-state index in [9.17, 15) is 4.79 Å². The normalized spacial score (nSPS) is 17.5. The molecule has 1 aromatic rings. The van der Waals surface area contributed by atoms with Gasteiger partial charge in [0.1, 0.15) is 11.0 Å². The van der Waals surface area contributed by atoms with Crippen molar-refractivity contribution >= 4 is 29.1 Å². The highest BCUT2D eigenvalue weighted by Gasteiger charge is 2.26. The van der Waals surface area contributed by atoms with E-state index in [0.717, 1.165) is 17.2 Å². The van der Waals surface area contributed by atoms with Gasteiger partial charge in [-0.05, 0) is 19.1 Å². The number of fused-ring (bicyclic) bond motifs is 1. The van der Waals surface area contributed by atoms with Gasteiger partial charge in [-0.25, -0.2) is 4.79 Å². The quantitative estimate of drug-likeness (QED) is 0.820. The summed E-state index contributed by atoms with van der Waals surface area (Å²) >= 11 is 6.35. The number of rotatable bonds is 2. The Balaban J connectivity index is 1.65. The van der Waals surface area contributed by atoms with Crippen LogP contribution in [0, 0.1) is 0 Å². The third-order valence-corrected chi connectivity index (χ3v) is 4.03. The minimum absolute atomic E-state index is 0.248. The van der Waals surface area contributed by atoms with Crippen LogP contribution >= 0.6 is 11.6 Å². The average molecular weight is 323 g/mol. The number of carbonyl (C=O) groups excluding carboxylic acids is 1. The molecule has 0 radical (unpaired) electrons. The lowest BCUT2D eigenvalue weighted by Gasteiger charge is -2.38. The molecular weight excluding hydrogens is 304 g/mol. The molecule has 0 aromatic heterocycles. The van der Waals surface area contributed by atoms with Crippen LogP contribution in [0.3, 0.4) is 0 Å². The maximum Gasteiger partial charge on any atom is 0.409 e. The van der Waals surface area contributed by atoms with Gasteiger partial charge >= 0.3 is 6.09 Å². The molecule has 6 nitrogen and oxygen atoms in total. The standard InChI is InChI=1S/C15H19ClN4O2/c1-2-22-15(21)20-9-7-19(8-10-20)14-13(16)17-11-5-3-4-6-12(11)18-14/h3-6,17-18H,2,7-10H2,1H3. The van der Waals surface area contributed by atoms with Crippen LogP contribution in [-0.2, 0) is 4.74 Å². The Bertz CT molecular complexity index is 597. The summed E-state index contributed by atoms with van der Waals surface area (Å²) < 4.78 is 5.03. The number of nitrogens with zero attached hydrogens (tertiary/aromatic N) is 2. The molecule has 1 amide bonds. The maximum absolute atomic E-state index is 11.7. The number of halogens is 1. The Morgan fingerprint density at radius 1 is 1.18 bits per heavy atom. The van der Waals surface area contributed by atoms with E-state index in [4.69, 9.17) is 16.3 Å².